The van der Waals surface area contributed by atoms with E-state index >= 15 is 0 Å². The predicted octanol–water partition coefficient (Wildman–Crippen LogP) is 1.76. The van der Waals surface area contributed by atoms with E-state index in [1.165, 1.54) is 19.1 Å². The number of rotatable bonds is 2. The van der Waals surface area contributed by atoms with Crippen LogP contribution in [0.15, 0.2) is 18.2 Å². The molecule has 1 heterocycles. The SMILES string of the molecule is CC(=O)OCC12Cc3ccc(F)cc3C1O2. The quantitative estimate of drug-likeness (QED) is 0.565. The van der Waals surface area contributed by atoms with Gasteiger partial charge in [-0.15, -0.1) is 0 Å². The van der Waals surface area contributed by atoms with Crippen LogP contribution in [0.5, 0.6) is 0 Å². The van der Waals surface area contributed by atoms with Gasteiger partial charge in [0.15, 0.2) is 0 Å². The molecule has 4 heteroatoms. The average Bonchev–Trinajstić information content (AvgIpc) is 2.86. The van der Waals surface area contributed by atoms with E-state index in [4.69, 9.17) is 9.47 Å². The van der Waals surface area contributed by atoms with E-state index < -0.39 is 5.60 Å². The van der Waals surface area contributed by atoms with Crippen molar-refractivity contribution < 1.29 is 18.7 Å². The maximum atomic E-state index is 13.1. The predicted molar refractivity (Wildman–Crippen MR) is 53.3 cm³/mol. The summed E-state index contributed by atoms with van der Waals surface area (Å²) in [5.41, 5.74) is 1.57. The number of ether oxygens (including phenoxy) is 2. The van der Waals surface area contributed by atoms with E-state index in [1.807, 2.05) is 0 Å². The molecule has 1 aromatic rings. The zero-order valence-corrected chi connectivity index (χ0v) is 8.83. The fraction of sp³-hybridized carbons (Fsp3) is 0.417. The van der Waals surface area contributed by atoms with E-state index in [-0.39, 0.29) is 24.5 Å². The third-order valence-electron chi connectivity index (χ3n) is 3.17. The molecular formula is C12H11FO3. The van der Waals surface area contributed by atoms with Gasteiger partial charge in [0.05, 0.1) is 0 Å². The monoisotopic (exact) mass is 222 g/mol. The Morgan fingerprint density at radius 1 is 1.69 bits per heavy atom. The summed E-state index contributed by atoms with van der Waals surface area (Å²) in [6.07, 6.45) is 0.596. The highest BCUT2D eigenvalue weighted by atomic mass is 19.1. The molecule has 1 aliphatic carbocycles. The molecule has 2 aliphatic rings. The molecule has 0 bridgehead atoms. The molecule has 1 saturated heterocycles. The first kappa shape index (κ1) is 9.78. The molecule has 84 valence electrons. The normalized spacial score (nSPS) is 29.5. The molecule has 2 unspecified atom stereocenters. The Morgan fingerprint density at radius 3 is 3.25 bits per heavy atom. The fourth-order valence-corrected chi connectivity index (χ4v) is 2.36. The first-order valence-corrected chi connectivity index (χ1v) is 5.20. The molecular weight excluding hydrogens is 211 g/mol. The van der Waals surface area contributed by atoms with Crippen molar-refractivity contribution in [2.75, 3.05) is 6.61 Å². The molecule has 16 heavy (non-hydrogen) atoms. The van der Waals surface area contributed by atoms with Crippen molar-refractivity contribution in [2.24, 2.45) is 0 Å². The van der Waals surface area contributed by atoms with E-state index in [0.29, 0.717) is 6.42 Å². The minimum Gasteiger partial charge on any atom is -0.463 e. The topological polar surface area (TPSA) is 38.8 Å². The maximum absolute atomic E-state index is 13.1. The van der Waals surface area contributed by atoms with Crippen LogP contribution in [-0.4, -0.2) is 18.2 Å². The van der Waals surface area contributed by atoms with Gasteiger partial charge in [-0.05, 0) is 23.3 Å². The van der Waals surface area contributed by atoms with Gasteiger partial charge in [0.2, 0.25) is 0 Å². The second-order valence-corrected chi connectivity index (χ2v) is 4.36. The largest absolute Gasteiger partial charge is 0.463 e. The van der Waals surface area contributed by atoms with Crippen molar-refractivity contribution in [3.8, 4) is 0 Å². The summed E-state index contributed by atoms with van der Waals surface area (Å²) in [5, 5.41) is 0. The van der Waals surface area contributed by atoms with Crippen molar-refractivity contribution in [2.45, 2.75) is 25.0 Å². The van der Waals surface area contributed by atoms with Gasteiger partial charge in [0, 0.05) is 13.3 Å². The third kappa shape index (κ3) is 1.33. The Kier molecular flexibility index (Phi) is 1.86. The number of esters is 1. The first-order chi connectivity index (χ1) is 7.61. The van der Waals surface area contributed by atoms with E-state index in [2.05, 4.69) is 0 Å². The Morgan fingerprint density at radius 2 is 2.50 bits per heavy atom. The average molecular weight is 222 g/mol. The summed E-state index contributed by atoms with van der Waals surface area (Å²) in [6.45, 7) is 1.62. The van der Waals surface area contributed by atoms with Crippen LogP contribution in [-0.2, 0) is 20.7 Å². The minimum absolute atomic E-state index is 0.0995. The third-order valence-corrected chi connectivity index (χ3v) is 3.17. The Hall–Kier alpha value is -1.42. The van der Waals surface area contributed by atoms with Crippen LogP contribution in [0, 0.1) is 5.82 Å². The van der Waals surface area contributed by atoms with Crippen LogP contribution in [0.2, 0.25) is 0 Å². The van der Waals surface area contributed by atoms with Crippen molar-refractivity contribution >= 4 is 5.97 Å². The molecule has 0 amide bonds. The summed E-state index contributed by atoms with van der Waals surface area (Å²) in [6, 6.07) is 4.72. The summed E-state index contributed by atoms with van der Waals surface area (Å²) in [7, 11) is 0. The van der Waals surface area contributed by atoms with Crippen LogP contribution < -0.4 is 0 Å². The van der Waals surface area contributed by atoms with Crippen molar-refractivity contribution in [3.05, 3.63) is 35.1 Å². The van der Waals surface area contributed by atoms with Gasteiger partial charge >= 0.3 is 5.97 Å². The second-order valence-electron chi connectivity index (χ2n) is 4.36. The van der Waals surface area contributed by atoms with Gasteiger partial charge in [-0.2, -0.15) is 0 Å². The number of halogens is 1. The minimum atomic E-state index is -0.415. The zero-order chi connectivity index (χ0) is 11.3. The smallest absolute Gasteiger partial charge is 0.302 e. The molecule has 0 spiro atoms. The van der Waals surface area contributed by atoms with Crippen molar-refractivity contribution in [3.63, 3.8) is 0 Å². The van der Waals surface area contributed by atoms with Crippen LogP contribution in [0.3, 0.4) is 0 Å². The molecule has 1 aromatic carbocycles. The standard InChI is InChI=1S/C12H11FO3/c1-7(14)15-6-12-5-8-2-3-9(13)4-10(8)11(12)16-12/h2-4,11H,5-6H2,1H3. The van der Waals surface area contributed by atoms with Crippen molar-refractivity contribution in [1.29, 1.82) is 0 Å². The highest BCUT2D eigenvalue weighted by Gasteiger charge is 2.63. The lowest BCUT2D eigenvalue weighted by molar-refractivity contribution is -0.142. The van der Waals surface area contributed by atoms with Crippen LogP contribution in [0.25, 0.3) is 0 Å². The number of benzene rings is 1. The number of fused-ring (bicyclic) bond motifs is 3. The highest BCUT2D eigenvalue weighted by molar-refractivity contribution is 5.66. The molecule has 2 atom stereocenters. The Bertz CT molecular complexity index is 471. The van der Waals surface area contributed by atoms with Crippen molar-refractivity contribution in [1.82, 2.24) is 0 Å². The zero-order valence-electron chi connectivity index (χ0n) is 8.83. The van der Waals surface area contributed by atoms with E-state index in [0.717, 1.165) is 11.1 Å². The lowest BCUT2D eigenvalue weighted by Crippen LogP contribution is -2.21. The maximum Gasteiger partial charge on any atom is 0.302 e. The Balaban J connectivity index is 1.81. The molecule has 0 aromatic heterocycles. The van der Waals surface area contributed by atoms with Gasteiger partial charge in [0.1, 0.15) is 24.1 Å². The lowest BCUT2D eigenvalue weighted by Gasteiger charge is -2.08. The van der Waals surface area contributed by atoms with Gasteiger partial charge in [0.25, 0.3) is 0 Å². The Labute approximate surface area is 92.2 Å². The van der Waals surface area contributed by atoms with Gasteiger partial charge in [-0.25, -0.2) is 4.39 Å². The molecule has 0 saturated carbocycles. The molecule has 1 aliphatic heterocycles. The number of carbonyl (C=O) groups is 1. The lowest BCUT2D eigenvalue weighted by atomic mass is 10.1. The van der Waals surface area contributed by atoms with Crippen LogP contribution in [0.1, 0.15) is 24.2 Å². The molecule has 0 radical (unpaired) electrons. The number of hydrogen-bond acceptors (Lipinski definition) is 3. The van der Waals surface area contributed by atoms with E-state index in [9.17, 15) is 9.18 Å². The molecule has 0 N–H and O–H groups in total. The summed E-state index contributed by atoms with van der Waals surface area (Å²) < 4.78 is 23.6. The van der Waals surface area contributed by atoms with Crippen LogP contribution in [0.4, 0.5) is 4.39 Å². The van der Waals surface area contributed by atoms with Gasteiger partial charge in [-0.3, -0.25) is 4.79 Å². The summed E-state index contributed by atoms with van der Waals surface area (Å²) >= 11 is 0. The fourth-order valence-electron chi connectivity index (χ4n) is 2.36. The van der Waals surface area contributed by atoms with Gasteiger partial charge in [-0.1, -0.05) is 6.07 Å². The van der Waals surface area contributed by atoms with E-state index in [1.54, 1.807) is 6.07 Å². The number of epoxide rings is 1. The summed E-state index contributed by atoms with van der Waals surface area (Å²) in [4.78, 5) is 10.8. The summed E-state index contributed by atoms with van der Waals surface area (Å²) in [5.74, 6) is -0.566. The van der Waals surface area contributed by atoms with Gasteiger partial charge < -0.3 is 9.47 Å². The number of hydrogen-bond donors (Lipinski definition) is 0. The molecule has 3 nitrogen and oxygen atoms in total. The second kappa shape index (κ2) is 3.04. The highest BCUT2D eigenvalue weighted by Crippen LogP contribution is 2.58. The van der Waals surface area contributed by atoms with Crippen LogP contribution >= 0.6 is 0 Å². The number of carbonyl (C=O) groups excluding carboxylic acids is 1. The first-order valence-electron chi connectivity index (χ1n) is 5.20. The molecule has 3 rings (SSSR count). The molecule has 1 fully saturated rings.